The minimum absolute atomic E-state index is 0.138. The molecule has 1 N–H and O–H groups in total. The van der Waals surface area contributed by atoms with E-state index in [1.165, 1.54) is 31.0 Å². The van der Waals surface area contributed by atoms with E-state index in [1.807, 2.05) is 27.6 Å². The van der Waals surface area contributed by atoms with Crippen molar-refractivity contribution in [1.82, 2.24) is 14.3 Å². The Hall–Kier alpha value is -3.59. The summed E-state index contributed by atoms with van der Waals surface area (Å²) in [5.74, 6) is 0.739. The second-order valence-corrected chi connectivity index (χ2v) is 12.2. The van der Waals surface area contributed by atoms with Crippen LogP contribution in [0.15, 0.2) is 79.0 Å². The standard InChI is InChI=1S/C31H32Cl2N4O3S/c1-4-5-6-8-22(2)24-13-11-23(12-14-24)17-31-35-30(28-16-15-25(32)18-29(28)33)20-37(31)27-10-7-9-26(19-27)36(3)41(39,40)34-21-38/h7-16,18-21H,4-6,17H2,1-3H3,(H,34,38)/b22-8+. The highest BCUT2D eigenvalue weighted by Gasteiger charge is 2.19. The summed E-state index contributed by atoms with van der Waals surface area (Å²) in [6, 6.07) is 20.7. The number of halogens is 2. The molecule has 0 fully saturated rings. The molecule has 0 saturated heterocycles. The topological polar surface area (TPSA) is 84.3 Å². The number of carbonyl (C=O) groups excluding carboxylic acids is 1. The molecule has 0 bridgehead atoms. The molecule has 0 aliphatic heterocycles. The number of aromatic nitrogens is 2. The van der Waals surface area contributed by atoms with Gasteiger partial charge in [0.1, 0.15) is 5.82 Å². The van der Waals surface area contributed by atoms with Crippen LogP contribution in [-0.2, 0) is 21.4 Å². The molecule has 3 aromatic carbocycles. The quantitative estimate of drug-likeness (QED) is 0.133. The van der Waals surface area contributed by atoms with Gasteiger partial charge in [-0.25, -0.2) is 9.71 Å². The third-order valence-corrected chi connectivity index (χ3v) is 8.67. The fraction of sp³-hybridized carbons (Fsp3) is 0.226. The van der Waals surface area contributed by atoms with Gasteiger partial charge >= 0.3 is 10.2 Å². The van der Waals surface area contributed by atoms with E-state index in [9.17, 15) is 13.2 Å². The van der Waals surface area contributed by atoms with Crippen LogP contribution in [-0.4, -0.2) is 31.4 Å². The monoisotopic (exact) mass is 610 g/mol. The highest BCUT2D eigenvalue weighted by Crippen LogP contribution is 2.32. The molecule has 7 nitrogen and oxygen atoms in total. The molecule has 0 unspecified atom stereocenters. The molecule has 1 heterocycles. The average Bonchev–Trinajstić information content (AvgIpc) is 3.36. The van der Waals surface area contributed by atoms with Gasteiger partial charge in [-0.3, -0.25) is 9.10 Å². The normalized spacial score (nSPS) is 11.9. The van der Waals surface area contributed by atoms with E-state index in [4.69, 9.17) is 28.2 Å². The lowest BCUT2D eigenvalue weighted by Crippen LogP contribution is -2.37. The fourth-order valence-corrected chi connectivity index (χ4v) is 5.60. The summed E-state index contributed by atoms with van der Waals surface area (Å²) in [5.41, 5.74) is 5.96. The maximum atomic E-state index is 12.4. The maximum absolute atomic E-state index is 12.4. The summed E-state index contributed by atoms with van der Waals surface area (Å²) >= 11 is 12.6. The first-order valence-corrected chi connectivity index (χ1v) is 15.4. The first-order chi connectivity index (χ1) is 19.6. The van der Waals surface area contributed by atoms with Crippen molar-refractivity contribution in [2.75, 3.05) is 11.4 Å². The Morgan fingerprint density at radius 3 is 2.51 bits per heavy atom. The number of hydrogen-bond acceptors (Lipinski definition) is 4. The van der Waals surface area contributed by atoms with E-state index in [2.05, 4.69) is 44.2 Å². The zero-order chi connectivity index (χ0) is 29.6. The van der Waals surface area contributed by atoms with E-state index in [1.54, 1.807) is 30.3 Å². The Balaban J connectivity index is 1.74. The zero-order valence-electron chi connectivity index (χ0n) is 23.1. The molecule has 0 atom stereocenters. The number of imidazole rings is 1. The van der Waals surface area contributed by atoms with Crippen LogP contribution in [0.2, 0.25) is 10.0 Å². The van der Waals surface area contributed by atoms with E-state index in [0.717, 1.165) is 27.7 Å². The van der Waals surface area contributed by atoms with E-state index < -0.39 is 10.2 Å². The van der Waals surface area contributed by atoms with Crippen LogP contribution >= 0.6 is 23.2 Å². The molecule has 0 aliphatic carbocycles. The average molecular weight is 612 g/mol. The number of carbonyl (C=O) groups is 1. The molecule has 1 amide bonds. The van der Waals surface area contributed by atoms with Crippen LogP contribution in [0.25, 0.3) is 22.5 Å². The Morgan fingerprint density at radius 1 is 1.07 bits per heavy atom. The number of hydrogen-bond donors (Lipinski definition) is 1. The van der Waals surface area contributed by atoms with Crippen molar-refractivity contribution in [3.05, 3.63) is 106 Å². The van der Waals surface area contributed by atoms with Gasteiger partial charge in [0.2, 0.25) is 6.41 Å². The molecule has 0 spiro atoms. The fourth-order valence-electron chi connectivity index (χ4n) is 4.42. The largest absolute Gasteiger partial charge is 0.325 e. The van der Waals surface area contributed by atoms with Crippen LogP contribution in [0, 0.1) is 0 Å². The first-order valence-electron chi connectivity index (χ1n) is 13.2. The van der Waals surface area contributed by atoms with Crippen molar-refractivity contribution in [2.24, 2.45) is 0 Å². The second kappa shape index (κ2) is 13.4. The molecule has 0 radical (unpaired) electrons. The van der Waals surface area contributed by atoms with Gasteiger partial charge in [0.05, 0.1) is 16.4 Å². The lowest BCUT2D eigenvalue weighted by molar-refractivity contribution is -0.108. The third kappa shape index (κ3) is 7.38. The molecular formula is C31H32Cl2N4O3S. The molecular weight excluding hydrogens is 579 g/mol. The number of nitrogens with zero attached hydrogens (tertiary/aromatic N) is 3. The van der Waals surface area contributed by atoms with Crippen LogP contribution in [0.3, 0.4) is 0 Å². The van der Waals surface area contributed by atoms with Crippen molar-refractivity contribution in [3.63, 3.8) is 0 Å². The van der Waals surface area contributed by atoms with Crippen molar-refractivity contribution < 1.29 is 13.2 Å². The number of unbranched alkanes of at least 4 members (excludes halogenated alkanes) is 2. The zero-order valence-corrected chi connectivity index (χ0v) is 25.5. The van der Waals surface area contributed by atoms with Gasteiger partial charge in [-0.2, -0.15) is 8.42 Å². The minimum atomic E-state index is -4.03. The smallest absolute Gasteiger partial charge is 0.303 e. The van der Waals surface area contributed by atoms with Crippen molar-refractivity contribution in [2.45, 2.75) is 39.5 Å². The van der Waals surface area contributed by atoms with Gasteiger partial charge in [0.25, 0.3) is 0 Å². The molecule has 10 heteroatoms. The summed E-state index contributed by atoms with van der Waals surface area (Å²) in [7, 11) is -2.66. The highest BCUT2D eigenvalue weighted by molar-refractivity contribution is 7.91. The van der Waals surface area contributed by atoms with Gasteiger partial charge in [-0.15, -0.1) is 0 Å². The Labute approximate surface area is 251 Å². The lowest BCUT2D eigenvalue weighted by atomic mass is 10.0. The van der Waals surface area contributed by atoms with Crippen LogP contribution < -0.4 is 9.03 Å². The Morgan fingerprint density at radius 2 is 1.83 bits per heavy atom. The minimum Gasteiger partial charge on any atom is -0.303 e. The number of anilines is 1. The number of amides is 1. The Kier molecular flexibility index (Phi) is 9.91. The van der Waals surface area contributed by atoms with Gasteiger partial charge < -0.3 is 4.57 Å². The van der Waals surface area contributed by atoms with E-state index in [0.29, 0.717) is 33.5 Å². The summed E-state index contributed by atoms with van der Waals surface area (Å²) in [4.78, 5) is 15.8. The molecule has 0 aliphatic rings. The third-order valence-electron chi connectivity index (χ3n) is 6.79. The SMILES string of the molecule is CCCC/C=C(\C)c1ccc(Cc2nc(-c3ccc(Cl)cc3Cl)cn2-c2cccc(N(C)S(=O)(=O)NC=O)c2)cc1. The number of rotatable bonds is 12. The summed E-state index contributed by atoms with van der Waals surface area (Å²) in [5, 5.41) is 1.00. The van der Waals surface area contributed by atoms with Gasteiger partial charge in [-0.05, 0) is 66.4 Å². The predicted octanol–water partition coefficient (Wildman–Crippen LogP) is 7.46. The van der Waals surface area contributed by atoms with Gasteiger partial charge in [0, 0.05) is 35.9 Å². The highest BCUT2D eigenvalue weighted by atomic mass is 35.5. The summed E-state index contributed by atoms with van der Waals surface area (Å²) in [6.07, 6.45) is 8.23. The molecule has 4 rings (SSSR count). The van der Waals surface area contributed by atoms with Crippen LogP contribution in [0.5, 0.6) is 0 Å². The maximum Gasteiger partial charge on any atom is 0.325 e. The van der Waals surface area contributed by atoms with Crippen LogP contribution in [0.1, 0.15) is 50.1 Å². The van der Waals surface area contributed by atoms with E-state index in [-0.39, 0.29) is 6.41 Å². The molecule has 214 valence electrons. The lowest BCUT2D eigenvalue weighted by Gasteiger charge is -2.19. The van der Waals surface area contributed by atoms with Gasteiger partial charge in [-0.1, -0.05) is 79.4 Å². The predicted molar refractivity (Wildman–Crippen MR) is 168 cm³/mol. The van der Waals surface area contributed by atoms with Crippen molar-refractivity contribution in [1.29, 1.82) is 0 Å². The first kappa shape index (κ1) is 30.4. The second-order valence-electron chi connectivity index (χ2n) is 9.67. The molecule has 1 aromatic heterocycles. The Bertz CT molecular complexity index is 1670. The van der Waals surface area contributed by atoms with Crippen molar-refractivity contribution >= 4 is 51.1 Å². The summed E-state index contributed by atoms with van der Waals surface area (Å²) < 4.78 is 29.6. The number of nitrogens with one attached hydrogen (secondary N) is 1. The number of benzene rings is 3. The molecule has 41 heavy (non-hydrogen) atoms. The van der Waals surface area contributed by atoms with Crippen LogP contribution in [0.4, 0.5) is 5.69 Å². The summed E-state index contributed by atoms with van der Waals surface area (Å²) in [6.45, 7) is 4.32. The van der Waals surface area contributed by atoms with E-state index >= 15 is 0 Å². The number of allylic oxidation sites excluding steroid dienone is 2. The molecule has 0 saturated carbocycles. The molecule has 4 aromatic rings. The van der Waals surface area contributed by atoms with Gasteiger partial charge in [0.15, 0.2) is 0 Å². The van der Waals surface area contributed by atoms with Crippen molar-refractivity contribution in [3.8, 4) is 16.9 Å².